The molecule has 1 saturated heterocycles. The molecule has 0 amide bonds. The van der Waals surface area contributed by atoms with Gasteiger partial charge >= 0.3 is 0 Å². The molecule has 0 aromatic carbocycles. The molecule has 7 atom stereocenters. The third kappa shape index (κ3) is 5.54. The Morgan fingerprint density at radius 1 is 0.818 bits per heavy atom. The molecule has 1 heteroatoms. The van der Waals surface area contributed by atoms with E-state index in [-0.39, 0.29) is 0 Å². The highest BCUT2D eigenvalue weighted by atomic mass is 16.5. The molecule has 4 rings (SSSR count). The number of hydrogen-bond donors (Lipinski definition) is 0. The lowest BCUT2D eigenvalue weighted by atomic mass is 9.59. The summed E-state index contributed by atoms with van der Waals surface area (Å²) in [5.41, 5.74) is 0.944. The Hall–Kier alpha value is -0.0400. The van der Waals surface area contributed by atoms with Crippen LogP contribution < -0.4 is 0 Å². The Labute approximate surface area is 207 Å². The predicted octanol–water partition coefficient (Wildman–Crippen LogP) is 10.1. The molecule has 4 fully saturated rings. The zero-order valence-electron chi connectivity index (χ0n) is 23.0. The van der Waals surface area contributed by atoms with Crippen molar-refractivity contribution in [3.63, 3.8) is 0 Å². The van der Waals surface area contributed by atoms with E-state index in [0.717, 1.165) is 29.6 Å². The van der Waals surface area contributed by atoms with Crippen molar-refractivity contribution < 1.29 is 4.74 Å². The molecule has 192 valence electrons. The highest BCUT2D eigenvalue weighted by Crippen LogP contribution is 2.66. The normalized spacial score (nSPS) is 38.0. The van der Waals surface area contributed by atoms with Crippen molar-refractivity contribution in [1.82, 2.24) is 0 Å². The van der Waals surface area contributed by atoms with E-state index in [9.17, 15) is 0 Å². The van der Waals surface area contributed by atoms with Gasteiger partial charge in [0.05, 0.1) is 11.7 Å². The molecule has 1 spiro atoms. The van der Waals surface area contributed by atoms with Crippen molar-refractivity contribution in [3.05, 3.63) is 0 Å². The lowest BCUT2D eigenvalue weighted by Crippen LogP contribution is -2.58. The number of ether oxygens (including phenoxy) is 1. The zero-order chi connectivity index (χ0) is 23.3. The highest BCUT2D eigenvalue weighted by Gasteiger charge is 2.65. The van der Waals surface area contributed by atoms with Crippen LogP contribution in [0, 0.1) is 35.0 Å². The SMILES string of the molecule is CCCCCCC(CCC)CCCC1CC2CC3CC12OC1CCC(CC)(CC)CCCC31. The molecule has 7 unspecified atom stereocenters. The second kappa shape index (κ2) is 11.8. The fourth-order valence-corrected chi connectivity index (χ4v) is 9.30. The molecule has 4 aliphatic rings. The summed E-state index contributed by atoms with van der Waals surface area (Å²) in [5.74, 6) is 4.70. The van der Waals surface area contributed by atoms with Gasteiger partial charge in [-0.05, 0) is 86.4 Å². The summed E-state index contributed by atoms with van der Waals surface area (Å²) in [6, 6.07) is 0. The summed E-state index contributed by atoms with van der Waals surface area (Å²) in [5, 5.41) is 0. The first-order valence-electron chi connectivity index (χ1n) is 15.8. The zero-order valence-corrected chi connectivity index (χ0v) is 23.0. The van der Waals surface area contributed by atoms with Gasteiger partial charge in [-0.2, -0.15) is 0 Å². The summed E-state index contributed by atoms with van der Waals surface area (Å²) >= 11 is 0. The standard InChI is InChI=1S/C32H58O/c1-5-9-10-11-15-25(14-6-2)16-12-17-27-23-28-22-26-24-32(27,28)33-30-19-21-31(7-3,8-4)20-13-18-29(26)30/h25-30H,5-24H2,1-4H3. The van der Waals surface area contributed by atoms with Gasteiger partial charge in [-0.3, -0.25) is 0 Å². The van der Waals surface area contributed by atoms with Gasteiger partial charge in [-0.25, -0.2) is 0 Å². The molecule has 0 aromatic rings. The van der Waals surface area contributed by atoms with E-state index in [1.807, 2.05) is 0 Å². The quantitative estimate of drug-likeness (QED) is 0.249. The lowest BCUT2D eigenvalue weighted by molar-refractivity contribution is -0.238. The van der Waals surface area contributed by atoms with Gasteiger partial charge in [0.25, 0.3) is 0 Å². The minimum absolute atomic E-state index is 0.327. The molecule has 0 radical (unpaired) electrons. The summed E-state index contributed by atoms with van der Waals surface area (Å²) in [7, 11) is 0. The Kier molecular flexibility index (Phi) is 9.31. The van der Waals surface area contributed by atoms with Crippen molar-refractivity contribution in [3.8, 4) is 0 Å². The Morgan fingerprint density at radius 2 is 1.64 bits per heavy atom. The molecule has 33 heavy (non-hydrogen) atoms. The van der Waals surface area contributed by atoms with Crippen LogP contribution in [0.4, 0.5) is 0 Å². The lowest BCUT2D eigenvalue weighted by Gasteiger charge is -2.57. The van der Waals surface area contributed by atoms with Crippen LogP contribution in [0.1, 0.15) is 156 Å². The van der Waals surface area contributed by atoms with Crippen LogP contribution in [0.15, 0.2) is 0 Å². The van der Waals surface area contributed by atoms with E-state index in [0.29, 0.717) is 17.1 Å². The van der Waals surface area contributed by atoms with Gasteiger partial charge in [0.2, 0.25) is 0 Å². The van der Waals surface area contributed by atoms with Crippen LogP contribution in [0.25, 0.3) is 0 Å². The van der Waals surface area contributed by atoms with Crippen LogP contribution in [0.2, 0.25) is 0 Å². The van der Waals surface area contributed by atoms with Crippen LogP contribution in [0.5, 0.6) is 0 Å². The van der Waals surface area contributed by atoms with Crippen LogP contribution >= 0.6 is 0 Å². The molecule has 2 bridgehead atoms. The Balaban J connectivity index is 1.30. The molecular weight excluding hydrogens is 400 g/mol. The monoisotopic (exact) mass is 458 g/mol. The second-order valence-corrected chi connectivity index (χ2v) is 13.2. The van der Waals surface area contributed by atoms with Crippen molar-refractivity contribution in [2.24, 2.45) is 35.0 Å². The maximum atomic E-state index is 7.30. The minimum Gasteiger partial charge on any atom is -0.371 e. The number of fused-ring (bicyclic) bond motifs is 3. The van der Waals surface area contributed by atoms with Gasteiger partial charge in [0.15, 0.2) is 0 Å². The minimum atomic E-state index is 0.327. The third-order valence-corrected chi connectivity index (χ3v) is 11.6. The first kappa shape index (κ1) is 26.0. The summed E-state index contributed by atoms with van der Waals surface area (Å²) in [6.45, 7) is 9.61. The molecule has 3 aliphatic carbocycles. The maximum absolute atomic E-state index is 7.30. The van der Waals surface area contributed by atoms with Gasteiger partial charge in [-0.1, -0.05) is 105 Å². The summed E-state index contributed by atoms with van der Waals surface area (Å²) in [6.07, 6.45) is 29.4. The van der Waals surface area contributed by atoms with Gasteiger partial charge in [0.1, 0.15) is 0 Å². The fourth-order valence-electron chi connectivity index (χ4n) is 9.30. The molecule has 0 N–H and O–H groups in total. The summed E-state index contributed by atoms with van der Waals surface area (Å²) in [4.78, 5) is 0. The predicted molar refractivity (Wildman–Crippen MR) is 143 cm³/mol. The molecule has 1 nitrogen and oxygen atoms in total. The molecular formula is C32H58O. The van der Waals surface area contributed by atoms with Gasteiger partial charge < -0.3 is 4.74 Å². The molecule has 3 saturated carbocycles. The largest absolute Gasteiger partial charge is 0.371 e. The molecule has 0 aromatic heterocycles. The topological polar surface area (TPSA) is 9.23 Å². The molecule has 1 aliphatic heterocycles. The Bertz CT molecular complexity index is 579. The van der Waals surface area contributed by atoms with Gasteiger partial charge in [-0.15, -0.1) is 0 Å². The second-order valence-electron chi connectivity index (χ2n) is 13.2. The number of unbranched alkanes of at least 4 members (excludes halogenated alkanes) is 3. The van der Waals surface area contributed by atoms with E-state index in [1.165, 1.54) is 128 Å². The van der Waals surface area contributed by atoms with Crippen molar-refractivity contribution >= 4 is 0 Å². The van der Waals surface area contributed by atoms with Gasteiger partial charge in [0, 0.05) is 0 Å². The van der Waals surface area contributed by atoms with Crippen LogP contribution in [-0.4, -0.2) is 11.7 Å². The third-order valence-electron chi connectivity index (χ3n) is 11.6. The van der Waals surface area contributed by atoms with Crippen molar-refractivity contribution in [2.45, 2.75) is 168 Å². The average molecular weight is 459 g/mol. The first-order valence-corrected chi connectivity index (χ1v) is 15.8. The maximum Gasteiger partial charge on any atom is 0.0745 e. The number of hydrogen-bond acceptors (Lipinski definition) is 1. The average Bonchev–Trinajstić information content (AvgIpc) is 3.04. The number of rotatable bonds is 13. The summed E-state index contributed by atoms with van der Waals surface area (Å²) < 4.78 is 7.30. The van der Waals surface area contributed by atoms with Crippen molar-refractivity contribution in [1.29, 1.82) is 0 Å². The van der Waals surface area contributed by atoms with E-state index < -0.39 is 0 Å². The van der Waals surface area contributed by atoms with Crippen molar-refractivity contribution in [2.75, 3.05) is 0 Å². The fraction of sp³-hybridized carbons (Fsp3) is 1.00. The van der Waals surface area contributed by atoms with E-state index >= 15 is 0 Å². The van der Waals surface area contributed by atoms with Crippen LogP contribution in [-0.2, 0) is 4.74 Å². The highest BCUT2D eigenvalue weighted by molar-refractivity contribution is 5.15. The van der Waals surface area contributed by atoms with E-state index in [2.05, 4.69) is 27.7 Å². The van der Waals surface area contributed by atoms with E-state index in [1.54, 1.807) is 0 Å². The smallest absolute Gasteiger partial charge is 0.0745 e. The van der Waals surface area contributed by atoms with E-state index in [4.69, 9.17) is 4.74 Å². The van der Waals surface area contributed by atoms with Crippen LogP contribution in [0.3, 0.4) is 0 Å². The first-order chi connectivity index (χ1) is 16.1. The molecule has 1 heterocycles. The Morgan fingerprint density at radius 3 is 2.39 bits per heavy atom.